The van der Waals surface area contributed by atoms with Gasteiger partial charge < -0.3 is 20.3 Å². The van der Waals surface area contributed by atoms with E-state index in [0.717, 1.165) is 10.8 Å². The lowest BCUT2D eigenvalue weighted by atomic mass is 10.4. The first-order valence-electron chi connectivity index (χ1n) is 8.81. The predicted octanol–water partition coefficient (Wildman–Crippen LogP) is -0.129. The van der Waals surface area contributed by atoms with E-state index in [2.05, 4.69) is 10.6 Å². The maximum Gasteiger partial charge on any atom is 0.309 e. The smallest absolute Gasteiger partial charge is 0.309 e. The van der Waals surface area contributed by atoms with E-state index in [4.69, 9.17) is 16.3 Å². The molecule has 1 aliphatic heterocycles. The van der Waals surface area contributed by atoms with Gasteiger partial charge in [0.15, 0.2) is 0 Å². The number of benzene rings is 1. The van der Waals surface area contributed by atoms with Crippen molar-refractivity contribution in [2.45, 2.75) is 17.5 Å². The summed E-state index contributed by atoms with van der Waals surface area (Å²) in [5.41, 5.74) is 0. The number of ether oxygens (including phenoxy) is 1. The second-order valence-corrected chi connectivity index (χ2v) is 8.84. The maximum atomic E-state index is 12.8. The lowest BCUT2D eigenvalue weighted by Gasteiger charge is -2.22. The molecule has 2 N–H and O–H groups in total. The lowest BCUT2D eigenvalue weighted by Crippen LogP contribution is -2.47. The largest absolute Gasteiger partial charge is 0.359 e. The molecule has 11 heteroatoms. The highest BCUT2D eigenvalue weighted by Gasteiger charge is 2.36. The predicted molar refractivity (Wildman–Crippen MR) is 104 cm³/mol. The Morgan fingerprint density at radius 3 is 2.50 bits per heavy atom. The molecule has 0 radical (unpaired) electrons. The second-order valence-electron chi connectivity index (χ2n) is 6.52. The van der Waals surface area contributed by atoms with Gasteiger partial charge in [0.2, 0.25) is 10.0 Å². The van der Waals surface area contributed by atoms with Gasteiger partial charge in [-0.3, -0.25) is 9.59 Å². The quantitative estimate of drug-likeness (QED) is 0.437. The average Bonchev–Trinajstić information content (AvgIpc) is 3.12. The van der Waals surface area contributed by atoms with Gasteiger partial charge in [0, 0.05) is 18.1 Å². The van der Waals surface area contributed by atoms with E-state index in [-0.39, 0.29) is 24.6 Å². The minimum atomic E-state index is -3.81. The Bertz CT molecular complexity index is 785. The molecule has 156 valence electrons. The van der Waals surface area contributed by atoms with Crippen LogP contribution in [-0.4, -0.2) is 82.5 Å². The highest BCUT2D eigenvalue weighted by Crippen LogP contribution is 2.23. The number of nitrogens with zero attached hydrogens (tertiary/aromatic N) is 2. The van der Waals surface area contributed by atoms with E-state index < -0.39 is 28.1 Å². The first-order valence-corrected chi connectivity index (χ1v) is 10.6. The van der Waals surface area contributed by atoms with Gasteiger partial charge in [0.25, 0.3) is 0 Å². The number of hydrogen-bond donors (Lipinski definition) is 2. The molecule has 0 unspecified atom stereocenters. The number of carbonyl (C=O) groups is 2. The fraction of sp³-hybridized carbons (Fsp3) is 0.529. The van der Waals surface area contributed by atoms with E-state index >= 15 is 0 Å². The third-order valence-corrected chi connectivity index (χ3v) is 6.23. The normalized spacial score (nSPS) is 17.6. The summed E-state index contributed by atoms with van der Waals surface area (Å²) in [6.45, 7) is 1.39. The molecule has 1 fully saturated rings. The maximum absolute atomic E-state index is 12.8. The van der Waals surface area contributed by atoms with Gasteiger partial charge in [0.1, 0.15) is 6.23 Å². The minimum Gasteiger partial charge on any atom is -0.359 e. The van der Waals surface area contributed by atoms with Gasteiger partial charge in [-0.1, -0.05) is 11.6 Å². The first-order chi connectivity index (χ1) is 13.2. The Hall–Kier alpha value is -1.72. The lowest BCUT2D eigenvalue weighted by molar-refractivity contribution is -0.139. The van der Waals surface area contributed by atoms with Crippen LogP contribution in [0.1, 0.15) is 6.42 Å². The second kappa shape index (κ2) is 10.2. The van der Waals surface area contributed by atoms with Gasteiger partial charge in [-0.15, -0.1) is 0 Å². The fourth-order valence-electron chi connectivity index (χ4n) is 2.62. The van der Waals surface area contributed by atoms with Crippen LogP contribution in [0.2, 0.25) is 5.02 Å². The summed E-state index contributed by atoms with van der Waals surface area (Å²) in [5.74, 6) is -1.59. The number of rotatable bonds is 8. The van der Waals surface area contributed by atoms with Crippen molar-refractivity contribution < 1.29 is 22.7 Å². The van der Waals surface area contributed by atoms with Crippen molar-refractivity contribution in [3.05, 3.63) is 29.3 Å². The summed E-state index contributed by atoms with van der Waals surface area (Å²) >= 11 is 5.80. The molecule has 1 aromatic rings. The van der Waals surface area contributed by atoms with Crippen molar-refractivity contribution in [2.75, 3.05) is 46.9 Å². The summed E-state index contributed by atoms with van der Waals surface area (Å²) in [6, 6.07) is 5.80. The molecule has 2 amide bonds. The van der Waals surface area contributed by atoms with Crippen LogP contribution in [0.4, 0.5) is 0 Å². The van der Waals surface area contributed by atoms with Crippen LogP contribution in [0.25, 0.3) is 0 Å². The Morgan fingerprint density at radius 2 is 1.86 bits per heavy atom. The molecule has 1 aliphatic rings. The third kappa shape index (κ3) is 6.14. The van der Waals surface area contributed by atoms with E-state index in [1.807, 2.05) is 19.0 Å². The van der Waals surface area contributed by atoms with E-state index in [9.17, 15) is 18.0 Å². The number of nitrogens with one attached hydrogen (secondary N) is 2. The van der Waals surface area contributed by atoms with Crippen LogP contribution in [0.5, 0.6) is 0 Å². The Kier molecular flexibility index (Phi) is 8.20. The molecule has 1 aromatic carbocycles. The number of hydrogen-bond acceptors (Lipinski definition) is 6. The van der Waals surface area contributed by atoms with Crippen molar-refractivity contribution in [3.8, 4) is 0 Å². The zero-order valence-corrected chi connectivity index (χ0v) is 17.4. The Labute approximate surface area is 170 Å². The van der Waals surface area contributed by atoms with E-state index in [1.54, 1.807) is 0 Å². The topological polar surface area (TPSA) is 108 Å². The molecule has 28 heavy (non-hydrogen) atoms. The summed E-state index contributed by atoms with van der Waals surface area (Å²) in [4.78, 5) is 25.8. The first kappa shape index (κ1) is 22.6. The molecule has 1 saturated heterocycles. The monoisotopic (exact) mass is 432 g/mol. The molecule has 9 nitrogen and oxygen atoms in total. The van der Waals surface area contributed by atoms with Crippen molar-refractivity contribution in [1.29, 1.82) is 0 Å². The van der Waals surface area contributed by atoms with Crippen molar-refractivity contribution >= 4 is 33.4 Å². The highest BCUT2D eigenvalue weighted by atomic mass is 35.5. The minimum absolute atomic E-state index is 0.0809. The zero-order chi connectivity index (χ0) is 20.7. The average molecular weight is 433 g/mol. The summed E-state index contributed by atoms with van der Waals surface area (Å²) in [6.07, 6.45) is -0.170. The summed E-state index contributed by atoms with van der Waals surface area (Å²) < 4.78 is 32.1. The van der Waals surface area contributed by atoms with E-state index in [1.165, 1.54) is 24.3 Å². The molecule has 2 rings (SSSR count). The molecule has 0 aliphatic carbocycles. The molecule has 1 atom stereocenters. The SMILES string of the molecule is CN(C)CCCNC(=O)C(=O)NC[C@@H]1OCCN1S(=O)(=O)c1ccc(Cl)cc1. The van der Waals surface area contributed by atoms with Crippen molar-refractivity contribution in [3.63, 3.8) is 0 Å². The molecular weight excluding hydrogens is 408 g/mol. The highest BCUT2D eigenvalue weighted by molar-refractivity contribution is 7.89. The molecule has 1 heterocycles. The van der Waals surface area contributed by atoms with Crippen LogP contribution in [0.3, 0.4) is 0 Å². The summed E-state index contributed by atoms with van der Waals surface area (Å²) in [7, 11) is 0.0280. The van der Waals surface area contributed by atoms with Crippen LogP contribution in [0, 0.1) is 0 Å². The van der Waals surface area contributed by atoms with E-state index in [0.29, 0.717) is 18.0 Å². The zero-order valence-electron chi connectivity index (χ0n) is 15.9. The van der Waals surface area contributed by atoms with Crippen LogP contribution in [-0.2, 0) is 24.3 Å². The number of carbonyl (C=O) groups excluding carboxylic acids is 2. The van der Waals surface area contributed by atoms with Gasteiger partial charge in [0.05, 0.1) is 18.0 Å². The summed E-state index contributed by atoms with van der Waals surface area (Å²) in [5, 5.41) is 5.37. The third-order valence-electron chi connectivity index (χ3n) is 4.07. The van der Waals surface area contributed by atoms with Crippen LogP contribution < -0.4 is 10.6 Å². The van der Waals surface area contributed by atoms with Crippen molar-refractivity contribution in [2.24, 2.45) is 0 Å². The number of halogens is 1. The van der Waals surface area contributed by atoms with Crippen LogP contribution >= 0.6 is 11.6 Å². The number of sulfonamides is 1. The van der Waals surface area contributed by atoms with Gasteiger partial charge in [-0.2, -0.15) is 4.31 Å². The standard InChI is InChI=1S/C17H25ClN4O5S/c1-21(2)9-3-8-19-16(23)17(24)20-12-15-22(10-11-27-15)28(25,26)14-6-4-13(18)5-7-14/h4-7,15H,3,8-12H2,1-2H3,(H,19,23)(H,20,24)/t15-/m0/s1. The molecular formula is C17H25ClN4O5S. The Morgan fingerprint density at radius 1 is 1.21 bits per heavy atom. The van der Waals surface area contributed by atoms with Gasteiger partial charge in [-0.05, 0) is 51.3 Å². The molecule has 0 bridgehead atoms. The fourth-order valence-corrected chi connectivity index (χ4v) is 4.26. The van der Waals surface area contributed by atoms with Gasteiger partial charge in [-0.25, -0.2) is 8.42 Å². The Balaban J connectivity index is 1.88. The van der Waals surface area contributed by atoms with Gasteiger partial charge >= 0.3 is 11.8 Å². The number of amides is 2. The van der Waals surface area contributed by atoms with Crippen molar-refractivity contribution in [1.82, 2.24) is 19.8 Å². The molecule has 0 aromatic heterocycles. The van der Waals surface area contributed by atoms with Crippen LogP contribution in [0.15, 0.2) is 29.2 Å². The molecule has 0 spiro atoms. The molecule has 0 saturated carbocycles.